The maximum Gasteiger partial charge on any atom is 0.471 e. The van der Waals surface area contributed by atoms with Crippen LogP contribution in [0.2, 0.25) is 0 Å². The van der Waals surface area contributed by atoms with E-state index in [4.69, 9.17) is 0 Å². The normalized spacial score (nSPS) is 26.2. The van der Waals surface area contributed by atoms with Crippen molar-refractivity contribution in [3.05, 3.63) is 0 Å². The highest BCUT2D eigenvalue weighted by Crippen LogP contribution is 2.48. The van der Waals surface area contributed by atoms with Gasteiger partial charge in [-0.1, -0.05) is 13.8 Å². The van der Waals surface area contributed by atoms with Crippen molar-refractivity contribution < 1.29 is 31.5 Å². The Kier molecular flexibility index (Phi) is 3.21. The van der Waals surface area contributed by atoms with Gasteiger partial charge in [0.25, 0.3) is 5.92 Å². The Hall–Kier alpha value is -1.21. The molecule has 1 fully saturated rings. The second-order valence-corrected chi connectivity index (χ2v) is 4.87. The van der Waals surface area contributed by atoms with Crippen LogP contribution >= 0.6 is 0 Å². The van der Waals surface area contributed by atoms with Crippen molar-refractivity contribution in [3.63, 3.8) is 0 Å². The number of ketones is 1. The molecule has 104 valence electrons. The van der Waals surface area contributed by atoms with E-state index in [1.54, 1.807) is 0 Å². The first-order chi connectivity index (χ1) is 7.82. The van der Waals surface area contributed by atoms with Gasteiger partial charge in [-0.05, 0) is 6.92 Å². The van der Waals surface area contributed by atoms with Crippen LogP contribution in [0.4, 0.5) is 22.0 Å². The number of halogens is 5. The number of carbonyl (C=O) groups excluding carboxylic acids is 2. The quantitative estimate of drug-likeness (QED) is 0.685. The van der Waals surface area contributed by atoms with E-state index in [-0.39, 0.29) is 4.90 Å². The summed E-state index contributed by atoms with van der Waals surface area (Å²) in [6.45, 7) is 1.44. The first kappa shape index (κ1) is 14.8. The third-order valence-corrected chi connectivity index (χ3v) is 3.20. The Morgan fingerprint density at radius 2 is 1.67 bits per heavy atom. The van der Waals surface area contributed by atoms with E-state index in [2.05, 4.69) is 0 Å². The fourth-order valence-corrected chi connectivity index (χ4v) is 2.18. The fraction of sp³-hybridized carbons (Fsp3) is 0.800. The number of likely N-dealkylation sites (tertiary alicyclic amines) is 1. The van der Waals surface area contributed by atoms with E-state index >= 15 is 0 Å². The number of rotatable bonds is 1. The summed E-state index contributed by atoms with van der Waals surface area (Å²) in [4.78, 5) is 22.3. The van der Waals surface area contributed by atoms with Crippen molar-refractivity contribution in [1.82, 2.24) is 4.90 Å². The third kappa shape index (κ3) is 2.08. The molecule has 0 unspecified atom stereocenters. The number of alkyl halides is 5. The van der Waals surface area contributed by atoms with Gasteiger partial charge in [-0.15, -0.1) is 0 Å². The Bertz CT molecular complexity index is 388. The van der Waals surface area contributed by atoms with E-state index in [1.807, 2.05) is 0 Å². The lowest BCUT2D eigenvalue weighted by atomic mass is 9.80. The van der Waals surface area contributed by atoms with Crippen molar-refractivity contribution in [2.24, 2.45) is 5.41 Å². The minimum Gasteiger partial charge on any atom is -0.318 e. The molecule has 0 saturated carbocycles. The highest BCUT2D eigenvalue weighted by molar-refractivity contribution is 5.91. The summed E-state index contributed by atoms with van der Waals surface area (Å²) < 4.78 is 64.1. The zero-order chi connectivity index (χ0) is 14.5. The van der Waals surface area contributed by atoms with Gasteiger partial charge >= 0.3 is 12.1 Å². The van der Waals surface area contributed by atoms with E-state index in [9.17, 15) is 31.5 Å². The van der Waals surface area contributed by atoms with Crippen molar-refractivity contribution in [1.29, 1.82) is 0 Å². The fourth-order valence-electron chi connectivity index (χ4n) is 2.18. The molecule has 8 heteroatoms. The Morgan fingerprint density at radius 3 is 2.00 bits per heavy atom. The molecule has 0 aromatic rings. The maximum atomic E-state index is 13.6. The summed E-state index contributed by atoms with van der Waals surface area (Å²) in [5.41, 5.74) is -2.03. The molecular weight excluding hydrogens is 261 g/mol. The Labute approximate surface area is 99.9 Å². The monoisotopic (exact) mass is 273 g/mol. The number of carbonyl (C=O) groups is 2. The summed E-state index contributed by atoms with van der Waals surface area (Å²) in [7, 11) is 0. The van der Waals surface area contributed by atoms with Gasteiger partial charge in [-0.25, -0.2) is 8.78 Å². The molecular formula is C10H12F5NO2. The summed E-state index contributed by atoms with van der Waals surface area (Å²) in [6, 6.07) is -1.78. The van der Waals surface area contributed by atoms with Gasteiger partial charge < -0.3 is 4.90 Å². The molecule has 0 spiro atoms. The minimum absolute atomic E-state index is 0.0810. The third-order valence-electron chi connectivity index (χ3n) is 3.20. The molecule has 0 aliphatic carbocycles. The van der Waals surface area contributed by atoms with Crippen molar-refractivity contribution in [2.45, 2.75) is 38.9 Å². The van der Waals surface area contributed by atoms with Gasteiger partial charge in [0.1, 0.15) is 6.04 Å². The average Bonchev–Trinajstić information content (AvgIpc) is 2.30. The van der Waals surface area contributed by atoms with Crippen molar-refractivity contribution in [3.8, 4) is 0 Å². The molecule has 0 N–H and O–H groups in total. The van der Waals surface area contributed by atoms with Crippen LogP contribution in [-0.4, -0.2) is 41.3 Å². The van der Waals surface area contributed by atoms with Crippen LogP contribution in [0.3, 0.4) is 0 Å². The van der Waals surface area contributed by atoms with Gasteiger partial charge in [0.15, 0.2) is 5.78 Å². The Balaban J connectivity index is 3.23. The van der Waals surface area contributed by atoms with Gasteiger partial charge in [0, 0.05) is 0 Å². The lowest BCUT2D eigenvalue weighted by Crippen LogP contribution is -2.50. The van der Waals surface area contributed by atoms with Gasteiger partial charge in [0.2, 0.25) is 0 Å². The summed E-state index contributed by atoms with van der Waals surface area (Å²) >= 11 is 0. The van der Waals surface area contributed by atoms with E-state index < -0.39 is 41.8 Å². The molecule has 0 aromatic carbocycles. The lowest BCUT2D eigenvalue weighted by molar-refractivity contribution is -0.187. The number of hydrogen-bond acceptors (Lipinski definition) is 2. The first-order valence-electron chi connectivity index (χ1n) is 5.08. The molecule has 18 heavy (non-hydrogen) atoms. The van der Waals surface area contributed by atoms with E-state index in [0.29, 0.717) is 0 Å². The van der Waals surface area contributed by atoms with Gasteiger partial charge in [0.05, 0.1) is 12.0 Å². The average molecular weight is 273 g/mol. The minimum atomic E-state index is -5.27. The number of nitrogens with zero attached hydrogens (tertiary/aromatic N) is 1. The summed E-state index contributed by atoms with van der Waals surface area (Å²) in [5, 5.41) is 0. The van der Waals surface area contributed by atoms with E-state index in [1.165, 1.54) is 0 Å². The molecule has 0 aromatic heterocycles. The van der Waals surface area contributed by atoms with Crippen LogP contribution < -0.4 is 0 Å². The largest absolute Gasteiger partial charge is 0.471 e. The second kappa shape index (κ2) is 3.89. The van der Waals surface area contributed by atoms with Crippen molar-refractivity contribution >= 4 is 11.7 Å². The van der Waals surface area contributed by atoms with Crippen LogP contribution in [0.1, 0.15) is 20.8 Å². The topological polar surface area (TPSA) is 37.4 Å². The van der Waals surface area contributed by atoms with Crippen LogP contribution in [0.25, 0.3) is 0 Å². The van der Waals surface area contributed by atoms with Crippen molar-refractivity contribution in [2.75, 3.05) is 6.54 Å². The predicted molar refractivity (Wildman–Crippen MR) is 51.0 cm³/mol. The molecule has 0 bridgehead atoms. The van der Waals surface area contributed by atoms with Crippen LogP contribution in [0, 0.1) is 5.41 Å². The van der Waals surface area contributed by atoms with E-state index in [0.717, 1.165) is 20.8 Å². The molecule has 1 rings (SSSR count). The second-order valence-electron chi connectivity index (χ2n) is 4.87. The number of Topliss-reactive ketones (excluding diaryl/α,β-unsaturated/α-hetero) is 1. The molecule has 1 aliphatic heterocycles. The molecule has 1 heterocycles. The molecule has 1 saturated heterocycles. The summed E-state index contributed by atoms with van der Waals surface area (Å²) in [6.07, 6.45) is -5.27. The van der Waals surface area contributed by atoms with Crippen LogP contribution in [0.5, 0.6) is 0 Å². The van der Waals surface area contributed by atoms with Gasteiger partial charge in [-0.2, -0.15) is 13.2 Å². The lowest BCUT2D eigenvalue weighted by Gasteiger charge is -2.31. The molecule has 1 amide bonds. The first-order valence-corrected chi connectivity index (χ1v) is 5.08. The summed E-state index contributed by atoms with van der Waals surface area (Å²) in [5.74, 6) is -6.85. The predicted octanol–water partition coefficient (Wildman–Crippen LogP) is 2.01. The zero-order valence-corrected chi connectivity index (χ0v) is 9.94. The van der Waals surface area contributed by atoms with Crippen LogP contribution in [0.15, 0.2) is 0 Å². The smallest absolute Gasteiger partial charge is 0.318 e. The molecule has 3 nitrogen and oxygen atoms in total. The number of amides is 1. The highest BCUT2D eigenvalue weighted by Gasteiger charge is 2.65. The highest BCUT2D eigenvalue weighted by atomic mass is 19.4. The van der Waals surface area contributed by atoms with Gasteiger partial charge in [-0.3, -0.25) is 9.59 Å². The maximum absolute atomic E-state index is 13.6. The number of hydrogen-bond donors (Lipinski definition) is 0. The van der Waals surface area contributed by atoms with Crippen LogP contribution in [-0.2, 0) is 9.59 Å². The SMILES string of the molecule is CC(=O)[C@H]1N(C(=O)C(F)(F)F)CC(F)(F)C1(C)C. The molecule has 1 atom stereocenters. The Morgan fingerprint density at radius 1 is 1.22 bits per heavy atom. The zero-order valence-electron chi connectivity index (χ0n) is 9.94. The molecule has 1 aliphatic rings. The standard InChI is InChI=1S/C10H12F5NO2/c1-5(17)6-8(2,3)9(11,12)4-16(6)7(18)10(13,14)15/h6H,4H2,1-3H3/t6-/m1/s1. The molecule has 0 radical (unpaired) electrons.